The van der Waals surface area contributed by atoms with Gasteiger partial charge < -0.3 is 10.6 Å². The minimum atomic E-state index is -3.78. The van der Waals surface area contributed by atoms with Gasteiger partial charge in [-0.2, -0.15) is 0 Å². The third kappa shape index (κ3) is 3.66. The second-order valence-corrected chi connectivity index (χ2v) is 7.95. The minimum Gasteiger partial charge on any atom is -0.399 e. The molecule has 1 aliphatic rings. The Hall–Kier alpha value is -1.31. The summed E-state index contributed by atoms with van der Waals surface area (Å²) in [5.41, 5.74) is 6.85. The van der Waals surface area contributed by atoms with Crippen LogP contribution in [0.15, 0.2) is 23.1 Å². The van der Waals surface area contributed by atoms with Gasteiger partial charge in [-0.3, -0.25) is 4.90 Å². The average Bonchev–Trinajstić information content (AvgIpc) is 2.37. The fourth-order valence-electron chi connectivity index (χ4n) is 2.64. The monoisotopic (exact) mass is 312 g/mol. The van der Waals surface area contributed by atoms with Crippen LogP contribution in [0.4, 0.5) is 11.4 Å². The molecule has 0 atom stereocenters. The number of nitrogens with zero attached hydrogens (tertiary/aromatic N) is 2. The first-order valence-corrected chi connectivity index (χ1v) is 8.56. The molecule has 118 valence electrons. The number of hydrogen-bond acceptors (Lipinski definition) is 5. The first kappa shape index (κ1) is 16.1. The molecule has 0 bridgehead atoms. The Morgan fingerprint density at radius 3 is 2.14 bits per heavy atom. The number of nitrogen functional groups attached to an aromatic ring is 1. The van der Waals surface area contributed by atoms with E-state index in [1.165, 1.54) is 6.07 Å². The molecule has 1 aliphatic heterocycles. The Morgan fingerprint density at radius 1 is 1.10 bits per heavy atom. The molecule has 0 amide bonds. The number of rotatable bonds is 2. The molecule has 1 aromatic rings. The van der Waals surface area contributed by atoms with Gasteiger partial charge in [0.25, 0.3) is 0 Å². The summed E-state index contributed by atoms with van der Waals surface area (Å²) in [7, 11) is -3.78. The van der Waals surface area contributed by atoms with Crippen LogP contribution < -0.4 is 15.8 Å². The molecule has 4 N–H and O–H groups in total. The number of sulfonamides is 1. The maximum atomic E-state index is 11.8. The van der Waals surface area contributed by atoms with Gasteiger partial charge >= 0.3 is 0 Å². The van der Waals surface area contributed by atoms with Crippen molar-refractivity contribution in [3.8, 4) is 0 Å². The highest BCUT2D eigenvalue weighted by Crippen LogP contribution is 2.28. The number of nitrogens with two attached hydrogens (primary N) is 2. The van der Waals surface area contributed by atoms with Crippen molar-refractivity contribution >= 4 is 21.4 Å². The third-order valence-corrected chi connectivity index (χ3v) is 4.80. The molecule has 1 aromatic carbocycles. The van der Waals surface area contributed by atoms with Crippen molar-refractivity contribution in [2.24, 2.45) is 5.14 Å². The molecule has 21 heavy (non-hydrogen) atoms. The molecule has 0 aliphatic carbocycles. The molecule has 2 rings (SSSR count). The lowest BCUT2D eigenvalue weighted by Gasteiger charge is -2.43. The summed E-state index contributed by atoms with van der Waals surface area (Å²) < 4.78 is 23.5. The van der Waals surface area contributed by atoms with Gasteiger partial charge in [-0.1, -0.05) is 0 Å². The predicted octanol–water partition coefficient (Wildman–Crippen LogP) is 0.837. The van der Waals surface area contributed by atoms with Gasteiger partial charge in [-0.05, 0) is 39.0 Å². The van der Waals surface area contributed by atoms with Crippen LogP contribution in [-0.2, 0) is 10.0 Å². The lowest BCUT2D eigenvalue weighted by Crippen LogP contribution is -2.53. The van der Waals surface area contributed by atoms with Crippen molar-refractivity contribution in [3.05, 3.63) is 18.2 Å². The van der Waals surface area contributed by atoms with Gasteiger partial charge in [0.15, 0.2) is 0 Å². The van der Waals surface area contributed by atoms with E-state index in [0.29, 0.717) is 11.4 Å². The zero-order valence-corrected chi connectivity index (χ0v) is 13.7. The van der Waals surface area contributed by atoms with Crippen molar-refractivity contribution in [1.82, 2.24) is 4.90 Å². The number of anilines is 2. The standard InChI is InChI=1S/C14H24N4O2S/c1-14(2,3)18-8-6-17(7-9-18)12-5-4-11(15)10-13(12)21(16,19)20/h4-5,10H,6-9,15H2,1-3H3,(H2,16,19,20). The van der Waals surface area contributed by atoms with Crippen molar-refractivity contribution in [1.29, 1.82) is 0 Å². The average molecular weight is 312 g/mol. The van der Waals surface area contributed by atoms with E-state index < -0.39 is 10.0 Å². The van der Waals surface area contributed by atoms with Crippen molar-refractivity contribution < 1.29 is 8.42 Å². The number of benzene rings is 1. The van der Waals surface area contributed by atoms with Gasteiger partial charge in [-0.15, -0.1) is 0 Å². The lowest BCUT2D eigenvalue weighted by molar-refractivity contribution is 0.128. The molecular weight excluding hydrogens is 288 g/mol. The van der Waals surface area contributed by atoms with E-state index in [1.54, 1.807) is 12.1 Å². The molecule has 1 saturated heterocycles. The second-order valence-electron chi connectivity index (χ2n) is 6.42. The van der Waals surface area contributed by atoms with E-state index in [4.69, 9.17) is 10.9 Å². The van der Waals surface area contributed by atoms with Gasteiger partial charge in [0.1, 0.15) is 4.90 Å². The SMILES string of the molecule is CC(C)(C)N1CCN(c2ccc(N)cc2S(N)(=O)=O)CC1. The summed E-state index contributed by atoms with van der Waals surface area (Å²) in [5.74, 6) is 0. The summed E-state index contributed by atoms with van der Waals surface area (Å²) >= 11 is 0. The number of hydrogen-bond donors (Lipinski definition) is 2. The van der Waals surface area contributed by atoms with Crippen LogP contribution in [0.25, 0.3) is 0 Å². The van der Waals surface area contributed by atoms with E-state index in [9.17, 15) is 8.42 Å². The smallest absolute Gasteiger partial charge is 0.240 e. The molecule has 0 unspecified atom stereocenters. The minimum absolute atomic E-state index is 0.103. The molecular formula is C14H24N4O2S. The second kappa shape index (κ2) is 5.47. The highest BCUT2D eigenvalue weighted by molar-refractivity contribution is 7.89. The summed E-state index contributed by atoms with van der Waals surface area (Å²) in [5, 5.41) is 5.31. The highest BCUT2D eigenvalue weighted by atomic mass is 32.2. The molecule has 1 fully saturated rings. The lowest BCUT2D eigenvalue weighted by atomic mass is 10.0. The first-order valence-electron chi connectivity index (χ1n) is 7.01. The largest absolute Gasteiger partial charge is 0.399 e. The van der Waals surface area contributed by atoms with Crippen LogP contribution >= 0.6 is 0 Å². The first-order chi connectivity index (χ1) is 9.59. The fourth-order valence-corrected chi connectivity index (χ4v) is 3.43. The Morgan fingerprint density at radius 2 is 1.67 bits per heavy atom. The highest BCUT2D eigenvalue weighted by Gasteiger charge is 2.28. The van der Waals surface area contributed by atoms with E-state index >= 15 is 0 Å². The molecule has 0 spiro atoms. The predicted molar refractivity (Wildman–Crippen MR) is 85.8 cm³/mol. The van der Waals surface area contributed by atoms with Crippen molar-refractivity contribution in [2.75, 3.05) is 36.8 Å². The summed E-state index contributed by atoms with van der Waals surface area (Å²) in [4.78, 5) is 4.55. The molecule has 1 heterocycles. The van der Waals surface area contributed by atoms with Crippen molar-refractivity contribution in [3.63, 3.8) is 0 Å². The van der Waals surface area contributed by atoms with Gasteiger partial charge in [-0.25, -0.2) is 13.6 Å². The van der Waals surface area contributed by atoms with Gasteiger partial charge in [0.2, 0.25) is 10.0 Å². The third-order valence-electron chi connectivity index (χ3n) is 3.86. The van der Waals surface area contributed by atoms with E-state index in [0.717, 1.165) is 26.2 Å². The molecule has 0 saturated carbocycles. The Bertz CT molecular complexity index is 614. The van der Waals surface area contributed by atoms with E-state index in [-0.39, 0.29) is 10.4 Å². The molecule has 7 heteroatoms. The van der Waals surface area contributed by atoms with Crippen LogP contribution in [0, 0.1) is 0 Å². The number of piperazine rings is 1. The van der Waals surface area contributed by atoms with Crippen molar-refractivity contribution in [2.45, 2.75) is 31.2 Å². The topological polar surface area (TPSA) is 92.7 Å². The molecule has 0 aromatic heterocycles. The zero-order chi connectivity index (χ0) is 15.8. The van der Waals surface area contributed by atoms with Crippen LogP contribution in [-0.4, -0.2) is 45.0 Å². The maximum absolute atomic E-state index is 11.8. The quantitative estimate of drug-likeness (QED) is 0.789. The summed E-state index contributed by atoms with van der Waals surface area (Å²) in [6.07, 6.45) is 0. The Labute approximate surface area is 126 Å². The zero-order valence-electron chi connectivity index (χ0n) is 12.8. The normalized spacial score (nSPS) is 18.0. The van der Waals surface area contributed by atoms with Crippen LogP contribution in [0.1, 0.15) is 20.8 Å². The molecule has 6 nitrogen and oxygen atoms in total. The summed E-state index contributed by atoms with van der Waals surface area (Å²) in [6.45, 7) is 9.86. The van der Waals surface area contributed by atoms with Gasteiger partial charge in [0, 0.05) is 37.4 Å². The van der Waals surface area contributed by atoms with E-state index in [2.05, 4.69) is 30.6 Å². The molecule has 0 radical (unpaired) electrons. The van der Waals surface area contributed by atoms with Gasteiger partial charge in [0.05, 0.1) is 5.69 Å². The summed E-state index contributed by atoms with van der Waals surface area (Å²) in [6, 6.07) is 4.88. The van der Waals surface area contributed by atoms with Crippen LogP contribution in [0.2, 0.25) is 0 Å². The van der Waals surface area contributed by atoms with Crippen LogP contribution in [0.5, 0.6) is 0 Å². The Balaban J connectivity index is 2.25. The fraction of sp³-hybridized carbons (Fsp3) is 0.571. The van der Waals surface area contributed by atoms with E-state index in [1.807, 2.05) is 0 Å². The number of primary sulfonamides is 1. The van der Waals surface area contributed by atoms with Crippen LogP contribution in [0.3, 0.4) is 0 Å². The Kier molecular flexibility index (Phi) is 4.19. The maximum Gasteiger partial charge on any atom is 0.240 e.